The summed E-state index contributed by atoms with van der Waals surface area (Å²) in [6.07, 6.45) is 5.25. The molecule has 0 bridgehead atoms. The number of carbonyl (C=O) groups is 1. The molecule has 1 fully saturated rings. The second-order valence-electron chi connectivity index (χ2n) is 6.53. The minimum atomic E-state index is -0.680. The molecule has 3 nitrogen and oxygen atoms in total. The van der Waals surface area contributed by atoms with Crippen molar-refractivity contribution in [1.82, 2.24) is 9.88 Å². The smallest absolute Gasteiger partial charge is 0.247 e. The highest BCUT2D eigenvalue weighted by atomic mass is 32.1. The van der Waals surface area contributed by atoms with E-state index in [1.165, 1.54) is 30.4 Å². The quantitative estimate of drug-likeness (QED) is 0.571. The summed E-state index contributed by atoms with van der Waals surface area (Å²) < 4.78 is 28.6. The Morgan fingerprint density at radius 1 is 1.11 bits per heavy atom. The molecular weight excluding hydrogens is 366 g/mol. The van der Waals surface area contributed by atoms with Crippen LogP contribution in [0.25, 0.3) is 16.3 Å². The SMILES string of the molecule is O=C(/C=C\c1c(F)cccc1F)N1CCCC[C@H]1c1nc2ccccc2s1. The number of hydrogen-bond acceptors (Lipinski definition) is 3. The summed E-state index contributed by atoms with van der Waals surface area (Å²) in [6.45, 7) is 0.615. The fraction of sp³-hybridized carbons (Fsp3) is 0.238. The van der Waals surface area contributed by atoms with Gasteiger partial charge in [-0.3, -0.25) is 4.79 Å². The van der Waals surface area contributed by atoms with Crippen LogP contribution in [0.2, 0.25) is 0 Å². The summed E-state index contributed by atoms with van der Waals surface area (Å²) in [5.74, 6) is -1.61. The van der Waals surface area contributed by atoms with Crippen LogP contribution < -0.4 is 0 Å². The normalized spacial score (nSPS) is 17.7. The van der Waals surface area contributed by atoms with Crippen LogP contribution in [0.15, 0.2) is 48.5 Å². The van der Waals surface area contributed by atoms with Crippen molar-refractivity contribution < 1.29 is 13.6 Å². The zero-order valence-corrected chi connectivity index (χ0v) is 15.4. The molecule has 0 radical (unpaired) electrons. The predicted octanol–water partition coefficient (Wildman–Crippen LogP) is 5.34. The molecule has 1 amide bonds. The highest BCUT2D eigenvalue weighted by Crippen LogP contribution is 2.35. The van der Waals surface area contributed by atoms with Gasteiger partial charge < -0.3 is 4.90 Å². The standard InChI is InChI=1S/C21H18F2N2OS/c22-15-6-5-7-16(23)14(15)11-12-20(26)25-13-4-3-9-18(25)21-24-17-8-1-2-10-19(17)27-21/h1-2,5-8,10-12,18H,3-4,9,13H2/b12-11-/t18-/m0/s1. The number of hydrogen-bond donors (Lipinski definition) is 0. The number of rotatable bonds is 3. The average molecular weight is 384 g/mol. The van der Waals surface area contributed by atoms with E-state index in [0.717, 1.165) is 34.5 Å². The Morgan fingerprint density at radius 3 is 2.67 bits per heavy atom. The van der Waals surface area contributed by atoms with Crippen molar-refractivity contribution >= 4 is 33.5 Å². The van der Waals surface area contributed by atoms with E-state index >= 15 is 0 Å². The molecule has 0 unspecified atom stereocenters. The van der Waals surface area contributed by atoms with Gasteiger partial charge in [0.25, 0.3) is 0 Å². The first-order valence-electron chi connectivity index (χ1n) is 8.91. The number of likely N-dealkylation sites (tertiary alicyclic amines) is 1. The van der Waals surface area contributed by atoms with Crippen LogP contribution in [0.3, 0.4) is 0 Å². The number of aromatic nitrogens is 1. The number of carbonyl (C=O) groups excluding carboxylic acids is 1. The largest absolute Gasteiger partial charge is 0.330 e. The molecule has 1 saturated heterocycles. The van der Waals surface area contributed by atoms with E-state index in [1.54, 1.807) is 16.2 Å². The fourth-order valence-corrected chi connectivity index (χ4v) is 4.52. The van der Waals surface area contributed by atoms with E-state index in [9.17, 15) is 13.6 Å². The fourth-order valence-electron chi connectivity index (χ4n) is 3.40. The van der Waals surface area contributed by atoms with Gasteiger partial charge in [0.15, 0.2) is 0 Å². The lowest BCUT2D eigenvalue weighted by Gasteiger charge is -2.33. The molecule has 4 rings (SSSR count). The first-order chi connectivity index (χ1) is 13.1. The molecule has 1 aliphatic heterocycles. The van der Waals surface area contributed by atoms with Gasteiger partial charge in [-0.15, -0.1) is 11.3 Å². The van der Waals surface area contributed by atoms with Crippen molar-refractivity contribution in [3.8, 4) is 0 Å². The third-order valence-electron chi connectivity index (χ3n) is 4.77. The number of fused-ring (bicyclic) bond motifs is 1. The lowest BCUT2D eigenvalue weighted by atomic mass is 10.0. The van der Waals surface area contributed by atoms with Gasteiger partial charge in [0.1, 0.15) is 16.6 Å². The number of piperidine rings is 1. The minimum absolute atomic E-state index is 0.0984. The number of halogens is 2. The van der Waals surface area contributed by atoms with Crippen LogP contribution >= 0.6 is 11.3 Å². The molecule has 0 aliphatic carbocycles. The molecule has 6 heteroatoms. The van der Waals surface area contributed by atoms with E-state index < -0.39 is 11.6 Å². The van der Waals surface area contributed by atoms with Gasteiger partial charge in [-0.25, -0.2) is 13.8 Å². The van der Waals surface area contributed by atoms with E-state index in [0.29, 0.717) is 6.54 Å². The summed E-state index contributed by atoms with van der Waals surface area (Å²) in [5.41, 5.74) is 0.735. The Bertz CT molecular complexity index is 961. The molecule has 1 atom stereocenters. The monoisotopic (exact) mass is 384 g/mol. The number of thiazole rings is 1. The first kappa shape index (κ1) is 17.8. The highest BCUT2D eigenvalue weighted by molar-refractivity contribution is 7.18. The summed E-state index contributed by atoms with van der Waals surface area (Å²) in [7, 11) is 0. The van der Waals surface area contributed by atoms with E-state index in [1.807, 2.05) is 24.3 Å². The molecule has 2 aromatic carbocycles. The Balaban J connectivity index is 1.60. The Morgan fingerprint density at radius 2 is 1.89 bits per heavy atom. The maximum atomic E-state index is 13.8. The summed E-state index contributed by atoms with van der Waals surface area (Å²) >= 11 is 1.60. The second-order valence-corrected chi connectivity index (χ2v) is 7.59. The number of benzene rings is 2. The van der Waals surface area contributed by atoms with E-state index in [-0.39, 0.29) is 17.5 Å². The molecular formula is C21H18F2N2OS. The highest BCUT2D eigenvalue weighted by Gasteiger charge is 2.29. The lowest BCUT2D eigenvalue weighted by molar-refractivity contribution is -0.129. The minimum Gasteiger partial charge on any atom is -0.330 e. The molecule has 3 aromatic rings. The Hall–Kier alpha value is -2.60. The van der Waals surface area contributed by atoms with Crippen molar-refractivity contribution in [2.75, 3.05) is 6.54 Å². The van der Waals surface area contributed by atoms with Crippen molar-refractivity contribution in [3.63, 3.8) is 0 Å². The van der Waals surface area contributed by atoms with Gasteiger partial charge in [-0.1, -0.05) is 18.2 Å². The summed E-state index contributed by atoms with van der Waals surface area (Å²) in [4.78, 5) is 19.2. The number of nitrogens with zero attached hydrogens (tertiary/aromatic N) is 2. The second kappa shape index (κ2) is 7.56. The average Bonchev–Trinajstić information content (AvgIpc) is 3.11. The van der Waals surface area contributed by atoms with Crippen LogP contribution in [0, 0.1) is 11.6 Å². The van der Waals surface area contributed by atoms with Crippen LogP contribution in [0.4, 0.5) is 8.78 Å². The molecule has 0 saturated carbocycles. The maximum absolute atomic E-state index is 13.8. The topological polar surface area (TPSA) is 33.2 Å². The first-order valence-corrected chi connectivity index (χ1v) is 9.73. The summed E-state index contributed by atoms with van der Waals surface area (Å²) in [6, 6.07) is 11.5. The molecule has 0 N–H and O–H groups in total. The molecule has 1 aromatic heterocycles. The Labute approximate surface area is 160 Å². The third kappa shape index (κ3) is 3.62. The number of para-hydroxylation sites is 1. The predicted molar refractivity (Wildman–Crippen MR) is 103 cm³/mol. The molecule has 27 heavy (non-hydrogen) atoms. The van der Waals surface area contributed by atoms with Gasteiger partial charge in [0.05, 0.1) is 16.3 Å². The zero-order valence-electron chi connectivity index (χ0n) is 14.6. The van der Waals surface area contributed by atoms with Gasteiger partial charge in [0, 0.05) is 18.2 Å². The zero-order chi connectivity index (χ0) is 18.8. The molecule has 1 aliphatic rings. The van der Waals surface area contributed by atoms with Crippen molar-refractivity contribution in [2.45, 2.75) is 25.3 Å². The van der Waals surface area contributed by atoms with Crippen LogP contribution in [0.1, 0.15) is 35.9 Å². The van der Waals surface area contributed by atoms with Crippen LogP contribution in [-0.2, 0) is 4.79 Å². The third-order valence-corrected chi connectivity index (χ3v) is 5.91. The van der Waals surface area contributed by atoms with E-state index in [2.05, 4.69) is 0 Å². The summed E-state index contributed by atoms with van der Waals surface area (Å²) in [5, 5.41) is 0.912. The molecule has 2 heterocycles. The van der Waals surface area contributed by atoms with Crippen molar-refractivity contribution in [2.24, 2.45) is 0 Å². The van der Waals surface area contributed by atoms with Crippen molar-refractivity contribution in [3.05, 3.63) is 70.7 Å². The lowest BCUT2D eigenvalue weighted by Crippen LogP contribution is -2.37. The maximum Gasteiger partial charge on any atom is 0.247 e. The Kier molecular flexibility index (Phi) is 4.99. The van der Waals surface area contributed by atoms with E-state index in [4.69, 9.17) is 4.98 Å². The number of amides is 1. The van der Waals surface area contributed by atoms with Crippen LogP contribution in [0.5, 0.6) is 0 Å². The van der Waals surface area contributed by atoms with Gasteiger partial charge >= 0.3 is 0 Å². The van der Waals surface area contributed by atoms with Gasteiger partial charge in [-0.2, -0.15) is 0 Å². The molecule has 0 spiro atoms. The molecule has 138 valence electrons. The van der Waals surface area contributed by atoms with Crippen molar-refractivity contribution in [1.29, 1.82) is 0 Å². The van der Waals surface area contributed by atoms with Crippen LogP contribution in [-0.4, -0.2) is 22.3 Å². The van der Waals surface area contributed by atoms with Gasteiger partial charge in [-0.05, 0) is 49.6 Å². The van der Waals surface area contributed by atoms with Gasteiger partial charge in [0.2, 0.25) is 5.91 Å².